The Morgan fingerprint density at radius 2 is 2.03 bits per heavy atom. The van der Waals surface area contributed by atoms with Crippen LogP contribution in [0.5, 0.6) is 0 Å². The zero-order valence-corrected chi connectivity index (χ0v) is 20.6. The topological polar surface area (TPSA) is 114 Å². The van der Waals surface area contributed by atoms with E-state index in [2.05, 4.69) is 30.5 Å². The van der Waals surface area contributed by atoms with E-state index in [9.17, 15) is 18.0 Å². The normalized spacial score (nSPS) is 17.8. The minimum atomic E-state index is -2.67. The Morgan fingerprint density at radius 1 is 1.16 bits per heavy atom. The number of amides is 1. The number of benzene rings is 1. The molecule has 1 aliphatic rings. The van der Waals surface area contributed by atoms with Gasteiger partial charge in [-0.25, -0.2) is 28.1 Å². The van der Waals surface area contributed by atoms with Gasteiger partial charge in [-0.15, -0.1) is 11.3 Å². The van der Waals surface area contributed by atoms with E-state index in [1.54, 1.807) is 24.4 Å². The van der Waals surface area contributed by atoms with Gasteiger partial charge in [0.2, 0.25) is 0 Å². The SMILES string of the molecule is O=C(N[C@H]1CCC[C@@H](n2c(-c3ccccc3F)nc3cnc(-c4ncn[nH]4)cc32)C1)c1ncc(C(F)F)s1. The van der Waals surface area contributed by atoms with Crippen molar-refractivity contribution in [3.8, 4) is 22.9 Å². The van der Waals surface area contributed by atoms with Gasteiger partial charge in [0.15, 0.2) is 10.8 Å². The molecular weight excluding hydrogens is 517 g/mol. The first-order valence-electron chi connectivity index (χ1n) is 12.0. The van der Waals surface area contributed by atoms with Crippen LogP contribution >= 0.6 is 11.3 Å². The molecule has 0 radical (unpaired) electrons. The number of rotatable bonds is 6. The summed E-state index contributed by atoms with van der Waals surface area (Å²) in [5, 5.41) is 9.66. The second-order valence-electron chi connectivity index (χ2n) is 9.04. The molecule has 1 saturated carbocycles. The van der Waals surface area contributed by atoms with Crippen molar-refractivity contribution in [1.82, 2.24) is 40.0 Å². The van der Waals surface area contributed by atoms with Crippen LogP contribution in [0, 0.1) is 5.82 Å². The maximum atomic E-state index is 14.9. The summed E-state index contributed by atoms with van der Waals surface area (Å²) in [5.74, 6) is 0.0847. The highest BCUT2D eigenvalue weighted by atomic mass is 32.1. The van der Waals surface area contributed by atoms with Crippen LogP contribution in [0.4, 0.5) is 13.2 Å². The largest absolute Gasteiger partial charge is 0.347 e. The number of nitrogens with zero attached hydrogens (tertiary/aromatic N) is 6. The first-order chi connectivity index (χ1) is 18.5. The monoisotopic (exact) mass is 538 g/mol. The van der Waals surface area contributed by atoms with E-state index >= 15 is 0 Å². The molecular formula is C25H21F3N8OS. The van der Waals surface area contributed by atoms with Crippen LogP contribution in [-0.2, 0) is 0 Å². The molecule has 2 N–H and O–H groups in total. The average molecular weight is 539 g/mol. The molecule has 9 nitrogen and oxygen atoms in total. The molecule has 0 aliphatic heterocycles. The number of alkyl halides is 2. The minimum absolute atomic E-state index is 0.00493. The van der Waals surface area contributed by atoms with Crippen LogP contribution in [-0.4, -0.2) is 46.6 Å². The first-order valence-corrected chi connectivity index (χ1v) is 12.8. The van der Waals surface area contributed by atoms with Gasteiger partial charge < -0.3 is 9.88 Å². The number of hydrogen-bond donors (Lipinski definition) is 2. The standard InChI is InChI=1S/C25H21F3N8OS/c26-16-7-2-1-6-15(16)23-34-18-10-29-17(22-31-12-32-35-22)9-19(18)36(23)14-5-3-4-13(8-14)33-24(37)25-30-11-20(38-25)21(27)28/h1-2,6-7,9-14,21H,3-5,8H2,(H,33,37)(H,31,32,35)/t13-,14+/m0/s1. The van der Waals surface area contributed by atoms with Crippen LogP contribution in [0.25, 0.3) is 33.9 Å². The summed E-state index contributed by atoms with van der Waals surface area (Å²) >= 11 is 0.689. The van der Waals surface area contributed by atoms with E-state index in [4.69, 9.17) is 4.98 Å². The summed E-state index contributed by atoms with van der Waals surface area (Å²) in [4.78, 5) is 29.7. The Bertz CT molecular complexity index is 1600. The number of thiazole rings is 1. The number of fused-ring (bicyclic) bond motifs is 1. The van der Waals surface area contributed by atoms with Gasteiger partial charge in [0.25, 0.3) is 12.3 Å². The van der Waals surface area contributed by atoms with Crippen molar-refractivity contribution in [1.29, 1.82) is 0 Å². The number of H-pyrrole nitrogens is 1. The Kier molecular flexibility index (Phi) is 6.35. The maximum Gasteiger partial charge on any atom is 0.280 e. The van der Waals surface area contributed by atoms with Crippen LogP contribution in [0.1, 0.15) is 52.8 Å². The van der Waals surface area contributed by atoms with Crippen molar-refractivity contribution < 1.29 is 18.0 Å². The number of aromatic nitrogens is 7. The molecule has 6 rings (SSSR count). The lowest BCUT2D eigenvalue weighted by molar-refractivity contribution is 0.0920. The first kappa shape index (κ1) is 24.2. The van der Waals surface area contributed by atoms with Crippen molar-refractivity contribution in [3.05, 3.63) is 64.8 Å². The van der Waals surface area contributed by atoms with E-state index in [1.807, 2.05) is 10.6 Å². The highest BCUT2D eigenvalue weighted by Gasteiger charge is 2.30. The molecule has 1 aliphatic carbocycles. The van der Waals surface area contributed by atoms with Gasteiger partial charge in [-0.05, 0) is 43.9 Å². The molecule has 0 saturated heterocycles. The van der Waals surface area contributed by atoms with Crippen LogP contribution < -0.4 is 5.32 Å². The van der Waals surface area contributed by atoms with Crippen molar-refractivity contribution in [3.63, 3.8) is 0 Å². The molecule has 194 valence electrons. The lowest BCUT2D eigenvalue weighted by Gasteiger charge is -2.32. The van der Waals surface area contributed by atoms with Crippen LogP contribution in [0.15, 0.2) is 49.1 Å². The Balaban J connectivity index is 1.36. The van der Waals surface area contributed by atoms with Crippen molar-refractivity contribution in [2.75, 3.05) is 0 Å². The molecule has 1 aromatic carbocycles. The number of carbonyl (C=O) groups excluding carboxylic acids is 1. The third kappa shape index (κ3) is 4.53. The van der Waals surface area contributed by atoms with E-state index in [0.29, 0.717) is 46.2 Å². The molecule has 0 unspecified atom stereocenters. The van der Waals surface area contributed by atoms with Gasteiger partial charge in [0, 0.05) is 18.3 Å². The lowest BCUT2D eigenvalue weighted by atomic mass is 9.90. The Hall–Kier alpha value is -4.13. The number of imidazole rings is 1. The van der Waals surface area contributed by atoms with Gasteiger partial charge in [-0.1, -0.05) is 12.1 Å². The second-order valence-corrected chi connectivity index (χ2v) is 10.1. The predicted molar refractivity (Wildman–Crippen MR) is 134 cm³/mol. The van der Waals surface area contributed by atoms with Gasteiger partial charge in [-0.3, -0.25) is 14.9 Å². The summed E-state index contributed by atoms with van der Waals surface area (Å²) in [6.45, 7) is 0. The minimum Gasteiger partial charge on any atom is -0.347 e. The highest BCUT2D eigenvalue weighted by Crippen LogP contribution is 2.37. The fourth-order valence-corrected chi connectivity index (χ4v) is 5.60. The van der Waals surface area contributed by atoms with Crippen molar-refractivity contribution in [2.45, 2.75) is 44.2 Å². The molecule has 38 heavy (non-hydrogen) atoms. The molecule has 4 aromatic heterocycles. The molecule has 13 heteroatoms. The second kappa shape index (κ2) is 9.97. The number of carbonyl (C=O) groups is 1. The Labute approximate surface area is 218 Å². The maximum absolute atomic E-state index is 14.9. The molecule has 2 atom stereocenters. The van der Waals surface area contributed by atoms with Gasteiger partial charge >= 0.3 is 0 Å². The zero-order chi connectivity index (χ0) is 26.2. The number of aromatic amines is 1. The third-order valence-electron chi connectivity index (χ3n) is 6.63. The summed E-state index contributed by atoms with van der Waals surface area (Å²) in [6, 6.07) is 7.96. The smallest absolute Gasteiger partial charge is 0.280 e. The van der Waals surface area contributed by atoms with Gasteiger partial charge in [0.1, 0.15) is 29.2 Å². The van der Waals surface area contributed by atoms with E-state index in [1.165, 1.54) is 12.4 Å². The van der Waals surface area contributed by atoms with Crippen molar-refractivity contribution >= 4 is 28.3 Å². The molecule has 5 aromatic rings. The predicted octanol–water partition coefficient (Wildman–Crippen LogP) is 5.33. The van der Waals surface area contributed by atoms with Crippen LogP contribution in [0.2, 0.25) is 0 Å². The fraction of sp³-hybridized carbons (Fsp3) is 0.280. The fourth-order valence-electron chi connectivity index (χ4n) is 4.93. The van der Waals surface area contributed by atoms with E-state index in [0.717, 1.165) is 31.0 Å². The number of nitrogens with one attached hydrogen (secondary N) is 2. The van der Waals surface area contributed by atoms with Crippen LogP contribution in [0.3, 0.4) is 0 Å². The summed E-state index contributed by atoms with van der Waals surface area (Å²) in [6.07, 6.45) is 4.23. The van der Waals surface area contributed by atoms with Gasteiger partial charge in [0.05, 0.1) is 22.2 Å². The van der Waals surface area contributed by atoms with Gasteiger partial charge in [-0.2, -0.15) is 5.10 Å². The summed E-state index contributed by atoms with van der Waals surface area (Å²) < 4.78 is 42.9. The molecule has 1 fully saturated rings. The number of pyridine rings is 1. The Morgan fingerprint density at radius 3 is 2.79 bits per heavy atom. The van der Waals surface area contributed by atoms with Crippen molar-refractivity contribution in [2.24, 2.45) is 0 Å². The molecule has 0 bridgehead atoms. The van der Waals surface area contributed by atoms with E-state index in [-0.39, 0.29) is 22.0 Å². The molecule has 4 heterocycles. The highest BCUT2D eigenvalue weighted by molar-refractivity contribution is 7.13. The molecule has 1 amide bonds. The quantitative estimate of drug-likeness (QED) is 0.302. The third-order valence-corrected chi connectivity index (χ3v) is 7.63. The van der Waals surface area contributed by atoms with E-state index < -0.39 is 18.1 Å². The lowest BCUT2D eigenvalue weighted by Crippen LogP contribution is -2.39. The number of hydrogen-bond acceptors (Lipinski definition) is 7. The average Bonchev–Trinajstić information content (AvgIpc) is 3.69. The number of halogens is 3. The zero-order valence-electron chi connectivity index (χ0n) is 19.8. The summed E-state index contributed by atoms with van der Waals surface area (Å²) in [7, 11) is 0. The summed E-state index contributed by atoms with van der Waals surface area (Å²) in [5.41, 5.74) is 2.28. The molecule has 0 spiro atoms.